The van der Waals surface area contributed by atoms with E-state index in [1.165, 1.54) is 58.0 Å². The molecule has 2 saturated heterocycles. The van der Waals surface area contributed by atoms with Crippen molar-refractivity contribution in [3.8, 4) is 0 Å². The lowest BCUT2D eigenvalue weighted by Crippen LogP contribution is -2.58. The Morgan fingerprint density at radius 3 is 2.22 bits per heavy atom. The van der Waals surface area contributed by atoms with E-state index in [0.717, 1.165) is 51.6 Å². The van der Waals surface area contributed by atoms with Crippen molar-refractivity contribution in [2.75, 3.05) is 45.9 Å². The maximum Gasteiger partial charge on any atom is 0.191 e. The molecule has 0 bridgehead atoms. The van der Waals surface area contributed by atoms with E-state index in [1.54, 1.807) is 0 Å². The highest BCUT2D eigenvalue weighted by Gasteiger charge is 2.39. The van der Waals surface area contributed by atoms with Gasteiger partial charge in [-0.25, -0.2) is 0 Å². The fourth-order valence-electron chi connectivity index (χ4n) is 5.13. The number of likely N-dealkylation sites (tertiary alicyclic amines) is 1. The van der Waals surface area contributed by atoms with E-state index in [2.05, 4.69) is 29.4 Å². The minimum absolute atomic E-state index is 0. The Morgan fingerprint density at radius 2 is 1.63 bits per heavy atom. The maximum absolute atomic E-state index is 5.68. The van der Waals surface area contributed by atoms with Crippen LogP contribution in [0.1, 0.15) is 71.6 Å². The molecule has 3 fully saturated rings. The molecule has 0 aromatic carbocycles. The van der Waals surface area contributed by atoms with Crippen LogP contribution in [0.5, 0.6) is 0 Å². The van der Waals surface area contributed by atoms with Crippen molar-refractivity contribution in [2.24, 2.45) is 10.4 Å². The minimum atomic E-state index is 0. The number of hydrogen-bond acceptors (Lipinski definition) is 3. The average Bonchev–Trinajstić information content (AvgIpc) is 3.37. The van der Waals surface area contributed by atoms with Crippen LogP contribution >= 0.6 is 24.0 Å². The van der Waals surface area contributed by atoms with Gasteiger partial charge in [0.15, 0.2) is 5.96 Å². The number of halogens is 1. The summed E-state index contributed by atoms with van der Waals surface area (Å²) in [6, 6.07) is 0. The molecule has 27 heavy (non-hydrogen) atoms. The fraction of sp³-hybridized carbons (Fsp3) is 0.952. The van der Waals surface area contributed by atoms with Crippen LogP contribution in [-0.2, 0) is 4.74 Å². The Labute approximate surface area is 183 Å². The van der Waals surface area contributed by atoms with E-state index in [4.69, 9.17) is 9.73 Å². The maximum atomic E-state index is 5.68. The van der Waals surface area contributed by atoms with Crippen LogP contribution in [0.3, 0.4) is 0 Å². The van der Waals surface area contributed by atoms with Crippen LogP contribution in [0.4, 0.5) is 0 Å². The average molecular weight is 492 g/mol. The van der Waals surface area contributed by atoms with Gasteiger partial charge in [0.25, 0.3) is 0 Å². The first-order valence-corrected chi connectivity index (χ1v) is 11.1. The Balaban J connectivity index is 0.00000261. The molecule has 2 N–H and O–H groups in total. The van der Waals surface area contributed by atoms with Crippen molar-refractivity contribution in [3.05, 3.63) is 0 Å². The second-order valence-corrected chi connectivity index (χ2v) is 8.64. The quantitative estimate of drug-likeness (QED) is 0.323. The standard InChI is InChI=1S/C21H40N4O.HI/c1-3-20(9-5-6-10-20)17-23-19(22-4-2)24-18-21(11-15-26-16-12-21)25-13-7-8-14-25;/h3-18H2,1-2H3,(H2,22,23,24);1H. The van der Waals surface area contributed by atoms with E-state index in [-0.39, 0.29) is 29.5 Å². The summed E-state index contributed by atoms with van der Waals surface area (Å²) in [6.45, 7) is 11.7. The van der Waals surface area contributed by atoms with Gasteiger partial charge in [-0.15, -0.1) is 24.0 Å². The topological polar surface area (TPSA) is 48.9 Å². The highest BCUT2D eigenvalue weighted by atomic mass is 127. The molecular weight excluding hydrogens is 451 g/mol. The van der Waals surface area contributed by atoms with Crippen molar-refractivity contribution < 1.29 is 4.74 Å². The summed E-state index contributed by atoms with van der Waals surface area (Å²) in [5.41, 5.74) is 0.703. The van der Waals surface area contributed by atoms with Crippen LogP contribution in [0.25, 0.3) is 0 Å². The molecule has 0 radical (unpaired) electrons. The van der Waals surface area contributed by atoms with Crippen molar-refractivity contribution >= 4 is 29.9 Å². The van der Waals surface area contributed by atoms with E-state index in [0.29, 0.717) is 5.41 Å². The molecule has 3 aliphatic rings. The summed E-state index contributed by atoms with van der Waals surface area (Å²) in [5, 5.41) is 7.20. The number of nitrogens with one attached hydrogen (secondary N) is 2. The Hall–Kier alpha value is -0.0800. The summed E-state index contributed by atoms with van der Waals surface area (Å²) in [4.78, 5) is 7.74. The van der Waals surface area contributed by atoms with Crippen LogP contribution in [0.15, 0.2) is 4.99 Å². The largest absolute Gasteiger partial charge is 0.381 e. The van der Waals surface area contributed by atoms with E-state index in [1.807, 2.05) is 0 Å². The van der Waals surface area contributed by atoms with Gasteiger partial charge in [-0.05, 0) is 70.4 Å². The fourth-order valence-corrected chi connectivity index (χ4v) is 5.13. The lowest BCUT2D eigenvalue weighted by Gasteiger charge is -2.45. The van der Waals surface area contributed by atoms with Gasteiger partial charge in [-0.2, -0.15) is 0 Å². The van der Waals surface area contributed by atoms with Gasteiger partial charge in [0.2, 0.25) is 0 Å². The Morgan fingerprint density at radius 1 is 0.963 bits per heavy atom. The van der Waals surface area contributed by atoms with Crippen LogP contribution in [0.2, 0.25) is 0 Å². The molecule has 2 aliphatic heterocycles. The first-order valence-electron chi connectivity index (χ1n) is 11.1. The van der Waals surface area contributed by atoms with Gasteiger partial charge in [-0.3, -0.25) is 9.89 Å². The summed E-state index contributed by atoms with van der Waals surface area (Å²) in [6.07, 6.45) is 11.7. The third-order valence-corrected chi connectivity index (χ3v) is 7.12. The first-order chi connectivity index (χ1) is 12.7. The molecule has 0 amide bonds. The number of aliphatic imine (C=N–C) groups is 1. The van der Waals surface area contributed by atoms with Gasteiger partial charge < -0.3 is 15.4 Å². The molecule has 5 nitrogen and oxygen atoms in total. The molecule has 1 aliphatic carbocycles. The highest BCUT2D eigenvalue weighted by molar-refractivity contribution is 14.0. The molecular formula is C21H41IN4O. The smallest absolute Gasteiger partial charge is 0.191 e. The van der Waals surface area contributed by atoms with Crippen LogP contribution in [-0.4, -0.2) is 62.3 Å². The SMILES string of the molecule is CCNC(=NCC1(CC)CCCC1)NCC1(N2CCCC2)CCOCC1.I. The lowest BCUT2D eigenvalue weighted by molar-refractivity contribution is -0.0164. The molecule has 0 unspecified atom stereocenters. The zero-order chi connectivity index (χ0) is 18.3. The second-order valence-electron chi connectivity index (χ2n) is 8.64. The van der Waals surface area contributed by atoms with Crippen LogP contribution < -0.4 is 10.6 Å². The van der Waals surface area contributed by atoms with E-state index >= 15 is 0 Å². The minimum Gasteiger partial charge on any atom is -0.381 e. The lowest BCUT2D eigenvalue weighted by atomic mass is 9.83. The van der Waals surface area contributed by atoms with Crippen molar-refractivity contribution in [1.29, 1.82) is 0 Å². The number of nitrogens with zero attached hydrogens (tertiary/aromatic N) is 2. The summed E-state index contributed by atoms with van der Waals surface area (Å²) >= 11 is 0. The summed E-state index contributed by atoms with van der Waals surface area (Å²) in [7, 11) is 0. The van der Waals surface area contributed by atoms with Crippen molar-refractivity contribution in [2.45, 2.75) is 77.2 Å². The molecule has 0 spiro atoms. The van der Waals surface area contributed by atoms with Gasteiger partial charge in [0, 0.05) is 38.4 Å². The molecule has 1 saturated carbocycles. The van der Waals surface area contributed by atoms with Gasteiger partial charge in [0.05, 0.1) is 0 Å². The third kappa shape index (κ3) is 5.95. The summed E-state index contributed by atoms with van der Waals surface area (Å²) in [5.74, 6) is 1.01. The summed E-state index contributed by atoms with van der Waals surface area (Å²) < 4.78 is 5.68. The predicted molar refractivity (Wildman–Crippen MR) is 124 cm³/mol. The van der Waals surface area contributed by atoms with Gasteiger partial charge >= 0.3 is 0 Å². The molecule has 0 aromatic rings. The molecule has 0 aromatic heterocycles. The Bertz CT molecular complexity index is 453. The molecule has 158 valence electrons. The van der Waals surface area contributed by atoms with Gasteiger partial charge in [0.1, 0.15) is 0 Å². The number of rotatable bonds is 7. The molecule has 2 heterocycles. The molecule has 6 heteroatoms. The monoisotopic (exact) mass is 492 g/mol. The zero-order valence-electron chi connectivity index (χ0n) is 17.5. The van der Waals surface area contributed by atoms with E-state index < -0.39 is 0 Å². The Kier molecular flexibility index (Phi) is 9.62. The first kappa shape index (κ1) is 23.2. The number of hydrogen-bond donors (Lipinski definition) is 2. The van der Waals surface area contributed by atoms with Gasteiger partial charge in [-0.1, -0.05) is 19.8 Å². The van der Waals surface area contributed by atoms with E-state index in [9.17, 15) is 0 Å². The molecule has 0 atom stereocenters. The van der Waals surface area contributed by atoms with Crippen molar-refractivity contribution in [1.82, 2.24) is 15.5 Å². The molecule has 3 rings (SSSR count). The van der Waals surface area contributed by atoms with Crippen molar-refractivity contribution in [3.63, 3.8) is 0 Å². The normalized spacial score (nSPS) is 25.2. The van der Waals surface area contributed by atoms with Crippen LogP contribution in [0, 0.1) is 5.41 Å². The number of ether oxygens (including phenoxy) is 1. The third-order valence-electron chi connectivity index (χ3n) is 7.12. The zero-order valence-corrected chi connectivity index (χ0v) is 19.9. The number of guanidine groups is 1. The highest BCUT2D eigenvalue weighted by Crippen LogP contribution is 2.41. The predicted octanol–water partition coefficient (Wildman–Crippen LogP) is 3.77. The second kappa shape index (κ2) is 11.2.